The Balaban J connectivity index is 3.17. The summed E-state index contributed by atoms with van der Waals surface area (Å²) >= 11 is 0. The van der Waals surface area contributed by atoms with E-state index in [0.29, 0.717) is 24.3 Å². The van der Waals surface area contributed by atoms with Gasteiger partial charge in [0, 0.05) is 24.3 Å². The number of nitrogens with one attached hydrogen (secondary N) is 2. The fraction of sp³-hybridized carbons (Fsp3) is 0. The van der Waals surface area contributed by atoms with Gasteiger partial charge in [-0.15, -0.1) is 0 Å². The van der Waals surface area contributed by atoms with Gasteiger partial charge in [0.25, 0.3) is 34.6 Å². The fourth-order valence-electron chi connectivity index (χ4n) is 2.74. The maximum atomic E-state index is 11.8. The summed E-state index contributed by atoms with van der Waals surface area (Å²) in [6, 6.07) is 1.99. The van der Waals surface area contributed by atoms with Gasteiger partial charge in [0.1, 0.15) is 0 Å². The first kappa shape index (κ1) is 23.2. The zero-order valence-electron chi connectivity index (χ0n) is 15.3. The summed E-state index contributed by atoms with van der Waals surface area (Å²) in [7, 11) is 0. The maximum Gasteiger partial charge on any atom is 0.285 e. The van der Waals surface area contributed by atoms with E-state index in [1.165, 1.54) is 0 Å². The van der Waals surface area contributed by atoms with E-state index in [0.717, 1.165) is 0 Å². The second-order valence-corrected chi connectivity index (χ2v) is 5.75. The summed E-state index contributed by atoms with van der Waals surface area (Å²) in [4.78, 5) is 65.1. The topological polar surface area (TPSA) is 283 Å². The van der Waals surface area contributed by atoms with Gasteiger partial charge in [0.05, 0.1) is 30.8 Å². The molecule has 0 aliphatic rings. The van der Waals surface area contributed by atoms with Crippen molar-refractivity contribution in [3.8, 4) is 11.1 Å². The highest BCUT2D eigenvalue weighted by atomic mass is 16.6. The first-order valence-corrected chi connectivity index (χ1v) is 7.90. The molecule has 32 heavy (non-hydrogen) atoms. The van der Waals surface area contributed by atoms with Crippen LogP contribution in [0.3, 0.4) is 0 Å². The highest BCUT2D eigenvalue weighted by molar-refractivity contribution is 6.02. The average Bonchev–Trinajstić information content (AvgIpc) is 2.75. The number of hydrazine groups is 2. The second-order valence-electron chi connectivity index (χ2n) is 5.75. The van der Waals surface area contributed by atoms with Gasteiger partial charge in [-0.3, -0.25) is 60.9 Å². The van der Waals surface area contributed by atoms with Crippen LogP contribution in [0.25, 0.3) is 11.1 Å². The van der Waals surface area contributed by atoms with Crippen molar-refractivity contribution in [2.24, 2.45) is 11.7 Å². The van der Waals surface area contributed by atoms with Gasteiger partial charge in [-0.1, -0.05) is 0 Å². The lowest BCUT2D eigenvalue weighted by Crippen LogP contribution is -2.30. The number of nitrogens with zero attached hydrogens (tertiary/aromatic N) is 4. The summed E-state index contributed by atoms with van der Waals surface area (Å²) in [6.07, 6.45) is 0. The number of rotatable bonds is 7. The second kappa shape index (κ2) is 8.73. The highest BCUT2D eigenvalue weighted by Crippen LogP contribution is 2.48. The molecule has 2 aromatic rings. The largest absolute Gasteiger partial charge is 0.290 e. The van der Waals surface area contributed by atoms with E-state index < -0.39 is 76.5 Å². The van der Waals surface area contributed by atoms with Crippen molar-refractivity contribution in [2.75, 3.05) is 0 Å². The minimum atomic E-state index is -1.24. The standard InChI is InChI=1S/C14H10N8O10/c15-17-13(23)5-1-7(19(25)26)11(8(2-5)20(27)28)12-9(21(29)30)3-6(14(24)18-16)4-10(12)22(31)32/h1-4H,15-16H2,(H,17,23)(H,18,24). The molecule has 0 aliphatic carbocycles. The minimum Gasteiger partial charge on any atom is -0.290 e. The lowest BCUT2D eigenvalue weighted by molar-refractivity contribution is -0.397. The lowest BCUT2D eigenvalue weighted by atomic mass is 9.94. The van der Waals surface area contributed by atoms with E-state index in [1.54, 1.807) is 10.9 Å². The summed E-state index contributed by atoms with van der Waals surface area (Å²) < 4.78 is 0. The molecule has 0 aliphatic heterocycles. The van der Waals surface area contributed by atoms with E-state index in [2.05, 4.69) is 0 Å². The number of amides is 2. The fourth-order valence-corrected chi connectivity index (χ4v) is 2.74. The molecule has 0 unspecified atom stereocenters. The molecule has 0 radical (unpaired) electrons. The number of benzene rings is 2. The molecule has 0 saturated carbocycles. The molecule has 18 heteroatoms. The number of hydrogen-bond donors (Lipinski definition) is 4. The van der Waals surface area contributed by atoms with Gasteiger partial charge in [0.2, 0.25) is 0 Å². The number of hydrogen-bond acceptors (Lipinski definition) is 12. The van der Waals surface area contributed by atoms with Crippen LogP contribution in [0.2, 0.25) is 0 Å². The summed E-state index contributed by atoms with van der Waals surface area (Å²) in [5, 5.41) is 46.5. The molecule has 0 saturated heterocycles. The van der Waals surface area contributed by atoms with E-state index in [1.807, 2.05) is 0 Å². The Morgan fingerprint density at radius 3 is 0.969 bits per heavy atom. The van der Waals surface area contributed by atoms with Crippen LogP contribution in [0.1, 0.15) is 20.7 Å². The molecule has 0 fully saturated rings. The van der Waals surface area contributed by atoms with E-state index in [9.17, 15) is 50.0 Å². The van der Waals surface area contributed by atoms with Crippen LogP contribution in [0.15, 0.2) is 24.3 Å². The molecule has 166 valence electrons. The number of nitrogens with two attached hydrogens (primary N) is 2. The molecule has 0 aromatic heterocycles. The molecule has 2 aromatic carbocycles. The van der Waals surface area contributed by atoms with Crippen molar-refractivity contribution >= 4 is 34.6 Å². The van der Waals surface area contributed by atoms with E-state index in [-0.39, 0.29) is 0 Å². The van der Waals surface area contributed by atoms with Gasteiger partial charge in [-0.2, -0.15) is 0 Å². The Hall–Kier alpha value is -5.10. The molecular weight excluding hydrogens is 440 g/mol. The summed E-state index contributed by atoms with van der Waals surface area (Å²) in [5.74, 6) is 7.49. The normalized spacial score (nSPS) is 10.2. The Morgan fingerprint density at radius 2 is 0.812 bits per heavy atom. The predicted octanol–water partition coefficient (Wildman–Crippen LogP) is 0.193. The van der Waals surface area contributed by atoms with Gasteiger partial charge >= 0.3 is 0 Å². The van der Waals surface area contributed by atoms with Crippen molar-refractivity contribution < 1.29 is 29.3 Å². The van der Waals surface area contributed by atoms with Crippen molar-refractivity contribution in [3.63, 3.8) is 0 Å². The van der Waals surface area contributed by atoms with Crippen molar-refractivity contribution in [1.29, 1.82) is 0 Å². The third kappa shape index (κ3) is 4.10. The zero-order chi connectivity index (χ0) is 24.3. The van der Waals surface area contributed by atoms with Crippen LogP contribution < -0.4 is 22.5 Å². The van der Waals surface area contributed by atoms with Gasteiger partial charge in [-0.25, -0.2) is 11.7 Å². The van der Waals surface area contributed by atoms with Gasteiger partial charge in [0.15, 0.2) is 11.1 Å². The van der Waals surface area contributed by atoms with Gasteiger partial charge < -0.3 is 0 Å². The first-order valence-electron chi connectivity index (χ1n) is 7.90. The van der Waals surface area contributed by atoms with Gasteiger partial charge in [-0.05, 0) is 0 Å². The molecule has 0 atom stereocenters. The van der Waals surface area contributed by atoms with E-state index >= 15 is 0 Å². The number of nitrogen functional groups attached to an aromatic ring is 2. The minimum absolute atomic E-state index is 0.498. The van der Waals surface area contributed by atoms with Crippen LogP contribution >= 0.6 is 0 Å². The molecule has 0 spiro atoms. The number of nitro benzene ring substituents is 4. The lowest BCUT2D eigenvalue weighted by Gasteiger charge is -2.10. The van der Waals surface area contributed by atoms with Crippen LogP contribution in [0, 0.1) is 40.5 Å². The number of nitro groups is 4. The van der Waals surface area contributed by atoms with Crippen molar-refractivity contribution in [2.45, 2.75) is 0 Å². The molecule has 0 heterocycles. The third-order valence-corrected chi connectivity index (χ3v) is 4.02. The third-order valence-electron chi connectivity index (χ3n) is 4.02. The highest BCUT2D eigenvalue weighted by Gasteiger charge is 2.39. The monoisotopic (exact) mass is 450 g/mol. The van der Waals surface area contributed by atoms with Crippen LogP contribution in [-0.2, 0) is 0 Å². The summed E-state index contributed by atoms with van der Waals surface area (Å²) in [6.45, 7) is 0. The average molecular weight is 450 g/mol. The number of carbonyl (C=O) groups is 2. The molecule has 2 amide bonds. The van der Waals surface area contributed by atoms with Crippen molar-refractivity contribution in [1.82, 2.24) is 10.9 Å². The van der Waals surface area contributed by atoms with Crippen molar-refractivity contribution in [3.05, 3.63) is 75.8 Å². The Kier molecular flexibility index (Phi) is 6.32. The molecule has 6 N–H and O–H groups in total. The van der Waals surface area contributed by atoms with Crippen LogP contribution in [-0.4, -0.2) is 31.5 Å². The smallest absolute Gasteiger partial charge is 0.285 e. The molecule has 18 nitrogen and oxygen atoms in total. The first-order chi connectivity index (χ1) is 14.9. The Labute approximate surface area is 174 Å². The molecular formula is C14H10N8O10. The quantitative estimate of drug-likeness (QED) is 0.190. The van der Waals surface area contributed by atoms with Crippen LogP contribution in [0.5, 0.6) is 0 Å². The van der Waals surface area contributed by atoms with E-state index in [4.69, 9.17) is 11.7 Å². The molecule has 0 bridgehead atoms. The number of carbonyl (C=O) groups excluding carboxylic acids is 2. The Morgan fingerprint density at radius 1 is 0.594 bits per heavy atom. The molecule has 2 rings (SSSR count). The Bertz CT molecular complexity index is 1050. The summed E-state index contributed by atoms with van der Waals surface area (Å²) in [5.41, 5.74) is -5.34. The predicted molar refractivity (Wildman–Crippen MR) is 102 cm³/mol. The SMILES string of the molecule is NNC(=O)c1cc([N+](=O)[O-])c(-c2c([N+](=O)[O-])cc(C(=O)NN)cc2[N+](=O)[O-])c([N+](=O)[O-])c1. The maximum absolute atomic E-state index is 11.8. The van der Waals surface area contributed by atoms with Crippen LogP contribution in [0.4, 0.5) is 22.7 Å². The zero-order valence-corrected chi connectivity index (χ0v) is 15.3.